The molecule has 7 nitrogen and oxygen atoms in total. The first-order valence-electron chi connectivity index (χ1n) is 11.9. The van der Waals surface area contributed by atoms with Gasteiger partial charge < -0.3 is 5.32 Å². The molecule has 174 valence electrons. The van der Waals surface area contributed by atoms with Crippen LogP contribution in [0.4, 0.5) is 10.5 Å². The van der Waals surface area contributed by atoms with Crippen molar-refractivity contribution in [1.29, 1.82) is 5.26 Å². The number of rotatable bonds is 4. The molecule has 2 heterocycles. The van der Waals surface area contributed by atoms with Gasteiger partial charge in [-0.15, -0.1) is 0 Å². The number of aromatic nitrogens is 2. The fraction of sp³-hybridized carbons (Fsp3) is 0.407. The summed E-state index contributed by atoms with van der Waals surface area (Å²) >= 11 is 0. The Bertz CT molecular complexity index is 1180. The van der Waals surface area contributed by atoms with Gasteiger partial charge in [0, 0.05) is 11.1 Å². The molecule has 1 N–H and O–H groups in total. The first-order valence-corrected chi connectivity index (χ1v) is 11.9. The molecule has 0 bridgehead atoms. The molecule has 0 unspecified atom stereocenters. The molecule has 1 aromatic carbocycles. The Labute approximate surface area is 200 Å². The van der Waals surface area contributed by atoms with E-state index in [4.69, 9.17) is 5.26 Å². The monoisotopic (exact) mass is 454 g/mol. The summed E-state index contributed by atoms with van der Waals surface area (Å²) in [5.74, 6) is 0.540. The van der Waals surface area contributed by atoms with Gasteiger partial charge in [0.2, 0.25) is 0 Å². The van der Waals surface area contributed by atoms with E-state index in [1.54, 1.807) is 29.4 Å². The highest BCUT2D eigenvalue weighted by Crippen LogP contribution is 2.46. The number of urea groups is 1. The number of allylic oxidation sites excluding steroid dienone is 3. The van der Waals surface area contributed by atoms with Gasteiger partial charge in [-0.1, -0.05) is 30.4 Å². The normalized spacial score (nSPS) is 26.5. The van der Waals surface area contributed by atoms with E-state index in [1.807, 2.05) is 12.1 Å². The van der Waals surface area contributed by atoms with E-state index in [-0.39, 0.29) is 17.1 Å². The number of nitrogens with one attached hydrogen (secondary N) is 1. The van der Waals surface area contributed by atoms with Crippen LogP contribution in [0.3, 0.4) is 0 Å². The summed E-state index contributed by atoms with van der Waals surface area (Å²) < 4.78 is 0. The van der Waals surface area contributed by atoms with Gasteiger partial charge in [0.25, 0.3) is 0 Å². The fourth-order valence-corrected chi connectivity index (χ4v) is 5.73. The summed E-state index contributed by atoms with van der Waals surface area (Å²) in [4.78, 5) is 26.1. The number of benzene rings is 1. The number of hydrogen-bond acceptors (Lipinski definition) is 5. The smallest absolute Gasteiger partial charge is 0.322 e. The zero-order valence-electron chi connectivity index (χ0n) is 19.8. The number of nitrogens with zero attached hydrogens (tertiary/aromatic N) is 5. The highest BCUT2D eigenvalue weighted by Gasteiger charge is 2.50. The summed E-state index contributed by atoms with van der Waals surface area (Å²) in [5, 5.41) is 12.4. The maximum atomic E-state index is 13.0. The molecule has 2 aromatic rings. The van der Waals surface area contributed by atoms with Crippen molar-refractivity contribution in [3.05, 3.63) is 66.0 Å². The predicted octanol–water partition coefficient (Wildman–Crippen LogP) is 4.43. The molecule has 0 radical (unpaired) electrons. The van der Waals surface area contributed by atoms with Crippen molar-refractivity contribution >= 4 is 11.7 Å². The van der Waals surface area contributed by atoms with Gasteiger partial charge >= 0.3 is 6.03 Å². The van der Waals surface area contributed by atoms with E-state index in [9.17, 15) is 4.79 Å². The van der Waals surface area contributed by atoms with Gasteiger partial charge in [-0.05, 0) is 70.3 Å². The van der Waals surface area contributed by atoms with E-state index in [2.05, 4.69) is 58.6 Å². The lowest BCUT2D eigenvalue weighted by Gasteiger charge is -2.50. The highest BCUT2D eigenvalue weighted by atomic mass is 16.2. The second-order valence-corrected chi connectivity index (χ2v) is 9.84. The van der Waals surface area contributed by atoms with E-state index in [0.29, 0.717) is 23.6 Å². The van der Waals surface area contributed by atoms with Gasteiger partial charge in [-0.2, -0.15) is 5.26 Å². The van der Waals surface area contributed by atoms with Gasteiger partial charge in [0.15, 0.2) is 5.82 Å². The Morgan fingerprint density at radius 2 is 1.91 bits per heavy atom. The number of carbonyl (C=O) groups is 1. The van der Waals surface area contributed by atoms with Crippen LogP contribution in [0.2, 0.25) is 0 Å². The lowest BCUT2D eigenvalue weighted by atomic mass is 9.67. The molecule has 2 fully saturated rings. The average Bonchev–Trinajstić information content (AvgIpc) is 3.20. The minimum absolute atomic E-state index is 0.0663. The molecular formula is C27H30N6O. The van der Waals surface area contributed by atoms with E-state index in [1.165, 1.54) is 5.57 Å². The van der Waals surface area contributed by atoms with Gasteiger partial charge in [0.05, 0.1) is 41.8 Å². The van der Waals surface area contributed by atoms with Gasteiger partial charge in [0.1, 0.15) is 0 Å². The van der Waals surface area contributed by atoms with Crippen LogP contribution in [0, 0.1) is 11.3 Å². The Morgan fingerprint density at radius 3 is 2.56 bits per heavy atom. The van der Waals surface area contributed by atoms with Crippen molar-refractivity contribution in [1.82, 2.24) is 20.2 Å². The molecule has 3 aliphatic rings. The van der Waals surface area contributed by atoms with Crippen molar-refractivity contribution in [2.75, 3.05) is 25.5 Å². The van der Waals surface area contributed by atoms with Crippen molar-refractivity contribution in [3.8, 4) is 17.5 Å². The van der Waals surface area contributed by atoms with E-state index < -0.39 is 0 Å². The average molecular weight is 455 g/mol. The number of nitriles is 1. The molecular weight excluding hydrogens is 424 g/mol. The lowest BCUT2D eigenvalue weighted by Crippen LogP contribution is -2.56. The summed E-state index contributed by atoms with van der Waals surface area (Å²) in [6, 6.07) is 9.27. The van der Waals surface area contributed by atoms with E-state index in [0.717, 1.165) is 44.1 Å². The largest absolute Gasteiger partial charge is 0.330 e. The van der Waals surface area contributed by atoms with Crippen LogP contribution in [-0.2, 0) is 0 Å². The summed E-state index contributed by atoms with van der Waals surface area (Å²) in [6.45, 7) is 0.626. The maximum absolute atomic E-state index is 13.0. The molecule has 1 spiro atoms. The first kappa shape index (κ1) is 22.3. The van der Waals surface area contributed by atoms with Crippen LogP contribution in [0.25, 0.3) is 11.4 Å². The SMILES string of the molecule is CN(C)C1(C2=CC=CCC2)CCC2(CC1)CN(c1cnc(-c3cccc(C#N)c3)nc1)C(=O)N2. The molecule has 0 atom stereocenters. The molecule has 2 aliphatic carbocycles. The summed E-state index contributed by atoms with van der Waals surface area (Å²) in [6.07, 6.45) is 16.3. The number of hydrogen-bond donors (Lipinski definition) is 1. The van der Waals surface area contributed by atoms with Crippen LogP contribution in [0.5, 0.6) is 0 Å². The third-order valence-electron chi connectivity index (χ3n) is 7.78. The Kier molecular flexibility index (Phi) is 5.70. The second-order valence-electron chi connectivity index (χ2n) is 9.84. The van der Waals surface area contributed by atoms with Crippen LogP contribution in [0.1, 0.15) is 44.1 Å². The van der Waals surface area contributed by atoms with Crippen molar-refractivity contribution in [3.63, 3.8) is 0 Å². The summed E-state index contributed by atoms with van der Waals surface area (Å²) in [5.41, 5.74) is 3.40. The molecule has 1 saturated carbocycles. The van der Waals surface area contributed by atoms with Gasteiger partial charge in [-0.25, -0.2) is 14.8 Å². The number of likely N-dealkylation sites (N-methyl/N-ethyl adjacent to an activating group) is 1. The Hall–Kier alpha value is -3.50. The maximum Gasteiger partial charge on any atom is 0.322 e. The van der Waals surface area contributed by atoms with Crippen LogP contribution in [0.15, 0.2) is 60.5 Å². The van der Waals surface area contributed by atoms with Crippen LogP contribution >= 0.6 is 0 Å². The first-order chi connectivity index (χ1) is 16.4. The molecule has 1 saturated heterocycles. The molecule has 5 rings (SSSR count). The van der Waals surface area contributed by atoms with Crippen molar-refractivity contribution in [2.45, 2.75) is 49.6 Å². The Morgan fingerprint density at radius 1 is 1.15 bits per heavy atom. The van der Waals surface area contributed by atoms with Gasteiger partial charge in [-0.3, -0.25) is 9.80 Å². The minimum atomic E-state index is -0.221. The molecule has 7 heteroatoms. The molecule has 1 aromatic heterocycles. The third kappa shape index (κ3) is 3.88. The molecule has 1 aliphatic heterocycles. The topological polar surface area (TPSA) is 85.2 Å². The number of carbonyl (C=O) groups excluding carboxylic acids is 1. The minimum Gasteiger partial charge on any atom is -0.330 e. The standard InChI is InChI=1S/C27H30N6O/c1-32(2)27(22-9-4-3-5-10-22)13-11-26(12-14-27)19-33(25(34)31-26)23-17-29-24(30-18-23)21-8-6-7-20(15-21)16-28/h3-4,6-9,15,17-18H,5,10-14,19H2,1-2H3,(H,31,34). The van der Waals surface area contributed by atoms with E-state index >= 15 is 0 Å². The fourth-order valence-electron chi connectivity index (χ4n) is 5.73. The zero-order chi connectivity index (χ0) is 23.8. The molecule has 34 heavy (non-hydrogen) atoms. The summed E-state index contributed by atoms with van der Waals surface area (Å²) in [7, 11) is 4.36. The quantitative estimate of drug-likeness (QED) is 0.739. The highest BCUT2D eigenvalue weighted by molar-refractivity contribution is 5.95. The van der Waals surface area contributed by atoms with Crippen LogP contribution in [-0.4, -0.2) is 52.6 Å². The third-order valence-corrected chi connectivity index (χ3v) is 7.78. The van der Waals surface area contributed by atoms with Crippen LogP contribution < -0.4 is 10.2 Å². The van der Waals surface area contributed by atoms with Crippen molar-refractivity contribution < 1.29 is 4.79 Å². The zero-order valence-corrected chi connectivity index (χ0v) is 19.8. The lowest BCUT2D eigenvalue weighted by molar-refractivity contribution is 0.0958. The molecule has 2 amide bonds. The second kappa shape index (κ2) is 8.69. The number of amides is 2. The Balaban J connectivity index is 1.32. The van der Waals surface area contributed by atoms with Crippen molar-refractivity contribution in [2.24, 2.45) is 0 Å². The number of anilines is 1. The predicted molar refractivity (Wildman–Crippen MR) is 132 cm³/mol.